The van der Waals surface area contributed by atoms with Crippen molar-refractivity contribution in [1.29, 1.82) is 0 Å². The molecule has 0 aliphatic heterocycles. The molecule has 1 aromatic rings. The Morgan fingerprint density at radius 2 is 2.29 bits per heavy atom. The first-order valence-corrected chi connectivity index (χ1v) is 5.49. The molecule has 1 aliphatic rings. The lowest BCUT2D eigenvalue weighted by atomic mass is 10.2. The molecule has 1 aliphatic carbocycles. The molecule has 0 atom stereocenters. The molecule has 0 spiro atoms. The molecule has 0 saturated carbocycles. The summed E-state index contributed by atoms with van der Waals surface area (Å²) in [5.41, 5.74) is 1.83. The monoisotopic (exact) mass is 228 g/mol. The predicted octanol–water partition coefficient (Wildman–Crippen LogP) is 3.59. The van der Waals surface area contributed by atoms with E-state index < -0.39 is 6.09 Å². The van der Waals surface area contributed by atoms with Crippen molar-refractivity contribution in [3.05, 3.63) is 60.2 Å². The lowest BCUT2D eigenvalue weighted by molar-refractivity contribution is 0.194. The number of hydrogen-bond donors (Lipinski definition) is 1. The third-order valence-electron chi connectivity index (χ3n) is 2.31. The van der Waals surface area contributed by atoms with Crippen LogP contribution in [0.3, 0.4) is 0 Å². The number of ether oxygens (including phenoxy) is 1. The van der Waals surface area contributed by atoms with E-state index in [1.54, 1.807) is 12.2 Å². The van der Waals surface area contributed by atoms with Crippen molar-refractivity contribution in [2.75, 3.05) is 5.32 Å². The number of carbonyl (C=O) groups excluding carboxylic acids is 1. The van der Waals surface area contributed by atoms with E-state index in [0.717, 1.165) is 17.7 Å². The van der Waals surface area contributed by atoms with Crippen LogP contribution in [0.25, 0.3) is 0 Å². The SMILES string of the molecule is Cc1cccc(NC(=O)OC2=C[CH]CC=C2)c1. The van der Waals surface area contributed by atoms with E-state index in [1.807, 2.05) is 43.7 Å². The van der Waals surface area contributed by atoms with E-state index in [1.165, 1.54) is 0 Å². The Kier molecular flexibility index (Phi) is 3.60. The molecule has 1 aromatic carbocycles. The zero-order valence-corrected chi connectivity index (χ0v) is 9.64. The molecule has 3 nitrogen and oxygen atoms in total. The van der Waals surface area contributed by atoms with Crippen molar-refractivity contribution in [1.82, 2.24) is 0 Å². The van der Waals surface area contributed by atoms with Crippen LogP contribution in [0.5, 0.6) is 0 Å². The van der Waals surface area contributed by atoms with Crippen LogP contribution in [0.1, 0.15) is 12.0 Å². The zero-order chi connectivity index (χ0) is 12.1. The standard InChI is InChI=1S/C14H14NO2/c1-11-6-5-7-12(10-11)15-14(16)17-13-8-3-2-4-9-13/h3-10H,2H2,1H3,(H,15,16). The molecule has 1 radical (unpaired) electrons. The van der Waals surface area contributed by atoms with Gasteiger partial charge in [-0.15, -0.1) is 0 Å². The van der Waals surface area contributed by atoms with Crippen LogP contribution < -0.4 is 5.32 Å². The van der Waals surface area contributed by atoms with Crippen molar-refractivity contribution in [2.45, 2.75) is 13.3 Å². The summed E-state index contributed by atoms with van der Waals surface area (Å²) in [7, 11) is 0. The summed E-state index contributed by atoms with van der Waals surface area (Å²) in [5, 5.41) is 2.68. The Balaban J connectivity index is 1.93. The second-order valence-corrected chi connectivity index (χ2v) is 3.83. The van der Waals surface area contributed by atoms with E-state index in [2.05, 4.69) is 5.32 Å². The molecule has 1 N–H and O–H groups in total. The molecular weight excluding hydrogens is 214 g/mol. The Morgan fingerprint density at radius 3 is 3.00 bits per heavy atom. The van der Waals surface area contributed by atoms with Gasteiger partial charge >= 0.3 is 6.09 Å². The number of anilines is 1. The molecule has 0 aromatic heterocycles. The molecule has 0 unspecified atom stereocenters. The number of benzene rings is 1. The van der Waals surface area contributed by atoms with Gasteiger partial charge in [-0.1, -0.05) is 18.2 Å². The second-order valence-electron chi connectivity index (χ2n) is 3.83. The Morgan fingerprint density at radius 1 is 1.41 bits per heavy atom. The molecule has 0 bridgehead atoms. The van der Waals surface area contributed by atoms with Gasteiger partial charge in [0.15, 0.2) is 0 Å². The molecular formula is C14H14NO2. The molecule has 2 rings (SSSR count). The van der Waals surface area contributed by atoms with Gasteiger partial charge in [-0.3, -0.25) is 5.32 Å². The number of rotatable bonds is 2. The fourth-order valence-electron chi connectivity index (χ4n) is 1.54. The summed E-state index contributed by atoms with van der Waals surface area (Å²) in [4.78, 5) is 11.6. The van der Waals surface area contributed by atoms with E-state index in [9.17, 15) is 4.79 Å². The number of aryl methyl sites for hydroxylation is 1. The van der Waals surface area contributed by atoms with E-state index in [0.29, 0.717) is 5.76 Å². The lowest BCUT2D eigenvalue weighted by Gasteiger charge is -2.09. The van der Waals surface area contributed by atoms with Gasteiger partial charge in [-0.25, -0.2) is 4.79 Å². The highest BCUT2D eigenvalue weighted by Gasteiger charge is 2.06. The first-order chi connectivity index (χ1) is 8.24. The molecule has 0 fully saturated rings. The van der Waals surface area contributed by atoms with E-state index in [4.69, 9.17) is 4.74 Å². The second kappa shape index (κ2) is 5.34. The lowest BCUT2D eigenvalue weighted by Crippen LogP contribution is -2.13. The third-order valence-corrected chi connectivity index (χ3v) is 2.31. The average Bonchev–Trinajstić information content (AvgIpc) is 2.30. The molecule has 17 heavy (non-hydrogen) atoms. The third kappa shape index (κ3) is 3.48. The quantitative estimate of drug-likeness (QED) is 0.840. The van der Waals surface area contributed by atoms with Gasteiger partial charge in [0, 0.05) is 5.69 Å². The van der Waals surface area contributed by atoms with Crippen LogP contribution in [-0.4, -0.2) is 6.09 Å². The van der Waals surface area contributed by atoms with Gasteiger partial charge in [0.2, 0.25) is 0 Å². The van der Waals surface area contributed by atoms with E-state index >= 15 is 0 Å². The van der Waals surface area contributed by atoms with Gasteiger partial charge in [0.05, 0.1) is 0 Å². The number of carbonyl (C=O) groups is 1. The number of hydrogen-bond acceptors (Lipinski definition) is 2. The highest BCUT2D eigenvalue weighted by atomic mass is 16.6. The number of amides is 1. The van der Waals surface area contributed by atoms with Crippen molar-refractivity contribution < 1.29 is 9.53 Å². The fourth-order valence-corrected chi connectivity index (χ4v) is 1.54. The maximum Gasteiger partial charge on any atom is 0.417 e. The first-order valence-electron chi connectivity index (χ1n) is 5.49. The molecule has 87 valence electrons. The van der Waals surface area contributed by atoms with Gasteiger partial charge in [-0.2, -0.15) is 0 Å². The van der Waals surface area contributed by atoms with Crippen LogP contribution in [0.15, 0.2) is 48.3 Å². The van der Waals surface area contributed by atoms with Crippen LogP contribution in [0.2, 0.25) is 0 Å². The predicted molar refractivity (Wildman–Crippen MR) is 67.4 cm³/mol. The normalized spacial score (nSPS) is 14.1. The van der Waals surface area contributed by atoms with Crippen LogP contribution in [-0.2, 0) is 4.74 Å². The van der Waals surface area contributed by atoms with E-state index in [-0.39, 0.29) is 0 Å². The molecule has 1 amide bonds. The maximum absolute atomic E-state index is 11.6. The van der Waals surface area contributed by atoms with Crippen molar-refractivity contribution >= 4 is 11.8 Å². The maximum atomic E-state index is 11.6. The smallest absolute Gasteiger partial charge is 0.410 e. The minimum atomic E-state index is -0.471. The van der Waals surface area contributed by atoms with Crippen LogP contribution in [0.4, 0.5) is 10.5 Å². The van der Waals surface area contributed by atoms with Crippen molar-refractivity contribution in [2.24, 2.45) is 0 Å². The first kappa shape index (κ1) is 11.5. The fraction of sp³-hybridized carbons (Fsp3) is 0.143. The highest BCUT2D eigenvalue weighted by Crippen LogP contribution is 2.13. The van der Waals surface area contributed by atoms with Gasteiger partial charge in [0.1, 0.15) is 5.76 Å². The zero-order valence-electron chi connectivity index (χ0n) is 9.64. The van der Waals surface area contributed by atoms with Gasteiger partial charge in [-0.05, 0) is 49.6 Å². The van der Waals surface area contributed by atoms with Crippen molar-refractivity contribution in [3.63, 3.8) is 0 Å². The molecule has 3 heteroatoms. The molecule has 0 heterocycles. The summed E-state index contributed by atoms with van der Waals surface area (Å²) in [5.74, 6) is 0.557. The van der Waals surface area contributed by atoms with Crippen LogP contribution >= 0.6 is 0 Å². The summed E-state index contributed by atoms with van der Waals surface area (Å²) < 4.78 is 5.13. The largest absolute Gasteiger partial charge is 0.417 e. The highest BCUT2D eigenvalue weighted by molar-refractivity contribution is 5.85. The minimum absolute atomic E-state index is 0.471. The molecule has 0 saturated heterocycles. The number of allylic oxidation sites excluding steroid dienone is 3. The minimum Gasteiger partial charge on any atom is -0.410 e. The van der Waals surface area contributed by atoms with Gasteiger partial charge < -0.3 is 4.74 Å². The Labute approximate surface area is 101 Å². The van der Waals surface area contributed by atoms with Crippen molar-refractivity contribution in [3.8, 4) is 0 Å². The topological polar surface area (TPSA) is 38.3 Å². The summed E-state index contributed by atoms with van der Waals surface area (Å²) >= 11 is 0. The summed E-state index contributed by atoms with van der Waals surface area (Å²) in [6.07, 6.45) is 7.87. The Bertz CT molecular complexity index is 475. The number of nitrogens with one attached hydrogen (secondary N) is 1. The summed E-state index contributed by atoms with van der Waals surface area (Å²) in [6.45, 7) is 1.97. The van der Waals surface area contributed by atoms with Crippen LogP contribution in [0, 0.1) is 13.3 Å². The van der Waals surface area contributed by atoms with Gasteiger partial charge in [0.25, 0.3) is 0 Å². The average molecular weight is 228 g/mol. The Hall–Kier alpha value is -2.03. The summed E-state index contributed by atoms with van der Waals surface area (Å²) in [6, 6.07) is 7.57.